The second kappa shape index (κ2) is 37.0. The molecule has 0 unspecified atom stereocenters. The number of rotatable bonds is 25. The molecular formula is C106H113F2N25O9. The number of aryl methyl sites for hydroxylation is 1. The summed E-state index contributed by atoms with van der Waals surface area (Å²) in [5.41, 5.74) is 19.7. The number of aliphatic imine (C=N–C) groups is 5. The van der Waals surface area contributed by atoms with E-state index in [1.807, 2.05) is 78.2 Å². The molecule has 0 amide bonds. The molecule has 142 heavy (non-hydrogen) atoms. The molecule has 15 aliphatic rings. The highest BCUT2D eigenvalue weighted by Crippen LogP contribution is 2.48. The van der Waals surface area contributed by atoms with Crippen molar-refractivity contribution in [2.75, 3.05) is 102 Å². The minimum absolute atomic E-state index is 0.00279. The van der Waals surface area contributed by atoms with Gasteiger partial charge in [0, 0.05) is 148 Å². The second-order valence-electron chi connectivity index (χ2n) is 41.1. The van der Waals surface area contributed by atoms with Gasteiger partial charge < -0.3 is 72.7 Å². The first-order valence-electron chi connectivity index (χ1n) is 49.5. The van der Waals surface area contributed by atoms with Crippen LogP contribution in [0.2, 0.25) is 0 Å². The van der Waals surface area contributed by atoms with E-state index in [1.165, 1.54) is 34.9 Å². The minimum atomic E-state index is -2.57. The number of piperidine rings is 1. The molecule has 36 heteroatoms. The Bertz CT molecular complexity index is 6970. The first-order chi connectivity index (χ1) is 68.8. The van der Waals surface area contributed by atoms with E-state index in [9.17, 15) is 19.0 Å². The molecule has 730 valence electrons. The van der Waals surface area contributed by atoms with Gasteiger partial charge >= 0.3 is 6.01 Å². The fourth-order valence-electron chi connectivity index (χ4n) is 18.5. The van der Waals surface area contributed by atoms with Crippen molar-refractivity contribution >= 4 is 63.7 Å². The van der Waals surface area contributed by atoms with Crippen LogP contribution in [0.3, 0.4) is 0 Å². The molecule has 0 radical (unpaired) electrons. The van der Waals surface area contributed by atoms with Crippen LogP contribution in [0.1, 0.15) is 245 Å². The molecule has 5 aromatic carbocycles. The number of hydrogen-bond acceptors (Lipinski definition) is 34. The molecule has 0 bridgehead atoms. The Balaban J connectivity index is 0.0000000991. The molecule has 9 aliphatic heterocycles. The van der Waals surface area contributed by atoms with Gasteiger partial charge in [-0.1, -0.05) is 40.6 Å². The number of ether oxygens (including phenoxy) is 5. The summed E-state index contributed by atoms with van der Waals surface area (Å²) in [6.45, 7) is 24.5. The number of nitrogens with one attached hydrogen (secondary N) is 1. The average molecular weight is 1920 g/mol. The molecule has 0 spiro atoms. The van der Waals surface area contributed by atoms with Gasteiger partial charge in [0.25, 0.3) is 5.92 Å². The van der Waals surface area contributed by atoms with Gasteiger partial charge in [0.1, 0.15) is 117 Å². The summed E-state index contributed by atoms with van der Waals surface area (Å²) in [5, 5.41) is 34.2. The van der Waals surface area contributed by atoms with Gasteiger partial charge in [-0.15, -0.1) is 5.10 Å². The number of β-amino-alcohol motifs (C(OH)–C–C–N with tert-alkyl or cyclic N) is 1. The van der Waals surface area contributed by atoms with Gasteiger partial charge in [0.15, 0.2) is 5.82 Å². The van der Waals surface area contributed by atoms with E-state index in [-0.39, 0.29) is 65.5 Å². The summed E-state index contributed by atoms with van der Waals surface area (Å²) >= 11 is 0. The van der Waals surface area contributed by atoms with Crippen molar-refractivity contribution in [2.45, 2.75) is 229 Å². The van der Waals surface area contributed by atoms with E-state index in [0.29, 0.717) is 94.2 Å². The van der Waals surface area contributed by atoms with Gasteiger partial charge in [0.2, 0.25) is 11.8 Å². The number of fused-ring (bicyclic) bond motifs is 5. The lowest BCUT2D eigenvalue weighted by atomic mass is 9.99. The summed E-state index contributed by atoms with van der Waals surface area (Å²) in [4.78, 5) is 82.6. The summed E-state index contributed by atoms with van der Waals surface area (Å²) in [6.07, 6.45) is 20.7. The van der Waals surface area contributed by atoms with Crippen molar-refractivity contribution in [3.05, 3.63) is 255 Å². The lowest BCUT2D eigenvalue weighted by Gasteiger charge is -2.38. The van der Waals surface area contributed by atoms with Crippen LogP contribution in [-0.2, 0) is 32.7 Å². The summed E-state index contributed by atoms with van der Waals surface area (Å²) in [6, 6.07) is 41.4. The number of aliphatic hydroxyl groups is 2. The van der Waals surface area contributed by atoms with Crippen LogP contribution in [0.5, 0.6) is 28.7 Å². The Morgan fingerprint density at radius 3 is 1.05 bits per heavy atom. The van der Waals surface area contributed by atoms with E-state index in [1.54, 1.807) is 19.0 Å². The number of aromatic nitrogens is 14. The molecule has 1 atom stereocenters. The molecule has 6 aliphatic carbocycles. The first-order valence-corrected chi connectivity index (χ1v) is 49.5. The van der Waals surface area contributed by atoms with E-state index >= 15 is 0 Å². The quantitative estimate of drug-likeness (QED) is 0.0478. The van der Waals surface area contributed by atoms with Crippen molar-refractivity contribution in [3.63, 3.8) is 0 Å². The predicted octanol–water partition coefficient (Wildman–Crippen LogP) is 14.9. The number of aliphatic hydroxyl groups excluding tert-OH is 2. The highest BCUT2D eigenvalue weighted by molar-refractivity contribution is 6.17. The Morgan fingerprint density at radius 1 is 0.387 bits per heavy atom. The molecule has 4 saturated heterocycles. The van der Waals surface area contributed by atoms with E-state index in [2.05, 4.69) is 207 Å². The van der Waals surface area contributed by atoms with Crippen LogP contribution >= 0.6 is 0 Å². The number of benzene rings is 5. The smallest absolute Gasteiger partial charge is 0.318 e. The Hall–Kier alpha value is -14.3. The van der Waals surface area contributed by atoms with Crippen LogP contribution < -0.4 is 53.5 Å². The molecule has 10 fully saturated rings. The molecule has 7 aromatic heterocycles. The largest absolute Gasteiger partial charge is 0.488 e. The molecule has 6 saturated carbocycles. The Kier molecular flexibility index (Phi) is 23.8. The number of halogens is 2. The zero-order valence-corrected chi connectivity index (χ0v) is 80.7. The Morgan fingerprint density at radius 2 is 0.718 bits per heavy atom. The third-order valence-corrected chi connectivity index (χ3v) is 28.8. The van der Waals surface area contributed by atoms with Gasteiger partial charge in [-0.05, 0) is 214 Å². The van der Waals surface area contributed by atoms with Gasteiger partial charge in [-0.25, -0.2) is 58.6 Å². The summed E-state index contributed by atoms with van der Waals surface area (Å²) in [5.74, 6) is 8.75. The number of nitrogens with zero attached hydrogens (tertiary/aromatic N) is 24. The monoisotopic (exact) mass is 1920 g/mol. The van der Waals surface area contributed by atoms with E-state index in [4.69, 9.17) is 42.6 Å². The van der Waals surface area contributed by atoms with Crippen LogP contribution in [0, 0.1) is 6.92 Å². The van der Waals surface area contributed by atoms with Crippen molar-refractivity contribution in [2.24, 2.45) is 25.0 Å². The number of piperazine rings is 1. The molecule has 12 aromatic rings. The highest BCUT2D eigenvalue weighted by atomic mass is 19.3. The third-order valence-electron chi connectivity index (χ3n) is 28.8. The topological polar surface area (TPSA) is 383 Å². The van der Waals surface area contributed by atoms with Crippen LogP contribution in [-0.4, -0.2) is 227 Å². The number of hydrogen-bond donors (Lipinski definition) is 3. The second-order valence-corrected chi connectivity index (χ2v) is 41.1. The number of alkyl halides is 2. The maximum atomic E-state index is 13.5. The highest BCUT2D eigenvalue weighted by Gasteiger charge is 2.46. The molecule has 3 N–H and O–H groups in total. The molecule has 27 rings (SSSR count). The average Bonchev–Trinajstić information content (AvgIpc) is 1.58. The van der Waals surface area contributed by atoms with Gasteiger partial charge in [-0.3, -0.25) is 25.0 Å². The summed E-state index contributed by atoms with van der Waals surface area (Å²) < 4.78 is 68.7. The van der Waals surface area contributed by atoms with Crippen LogP contribution in [0.4, 0.5) is 43.9 Å². The van der Waals surface area contributed by atoms with E-state index in [0.717, 1.165) is 259 Å². The SMILES string of the molecule is CC1(Oc2ccc3c(c2)C(c2cc(N4CC(O)C4)ncn2)=NC3)CC1.CC1(Oc2ccc3c(c2)C(c2cc(N4CCC(F)(F)CC4)ncn2)=NC3)CC1.CC1(Oc2ccc3c(c2)C(c2cc(N4CCN(c5nnc(C6CC6)o5)CC4)ncn2)=NC3)CC1.C[C@@H](CO)Nc1cc(C2=NCc3ccc(OC4(C)CC4)cc32)ncn1.Cc1noc(C2CN(c3cc(C4=NCc5ccc(OC6(C)CC6)cc54)ncn3)C2)n1. The normalized spacial score (nSPS) is 20.2. The molecule has 34 nitrogen and oxygen atoms in total. The maximum Gasteiger partial charge on any atom is 0.318 e. The fourth-order valence-corrected chi connectivity index (χ4v) is 18.5. The van der Waals surface area contributed by atoms with Crippen LogP contribution in [0.25, 0.3) is 0 Å². The molecule has 16 heterocycles. The number of anilines is 6. The van der Waals surface area contributed by atoms with Crippen LogP contribution in [0.15, 0.2) is 187 Å². The van der Waals surface area contributed by atoms with Crippen molar-refractivity contribution in [1.82, 2.24) is 70.2 Å². The Labute approximate surface area is 820 Å². The van der Waals surface area contributed by atoms with Gasteiger partial charge in [-0.2, -0.15) is 4.98 Å². The lowest BCUT2D eigenvalue weighted by Crippen LogP contribution is -2.51. The standard InChI is InChI=1S/C25H27N7O2.C22H22N6O2.C21H22F2N4O.C19H20N4O2.C19H22N4O2/c1-25(6-7-25)34-18-5-4-17-14-26-22(19(17)12-18)20-13-21(28-15-27-20)31-8-10-32(11-9-31)24-30-29-23(33-24)16-2-3-16;1-13-26-21(30-27-13)15-10-28(11-15)19-8-18(24-12-25-19)20-17-7-16(29-22(2)5-6-22)4-3-14(17)9-23-20;1-20(4-5-20)28-15-3-2-14-12-24-19(16(14)10-15)17-11-18(26-13-25-17)27-8-6-21(22,23)7-9-27;1-19(4-5-19)25-14-3-2-12-8-20-18(15(12)6-14)16-7-17(22-11-21-16)23-9-13(24)10-23;1-12(10-24)23-17-8-16(21-11-22-17)18-15-7-14(25-19(2)5-6-19)4-3-13(15)9-20-18/h4-5,12-13,15-16H,2-3,6-11,14H2,1H3;3-4,7-8,12,15H,5-6,9-11H2,1-2H3;2-3,10-11,13H,4-9,12H2,1H3;2-3,6-7,11,13,24H,4-5,8-10H2,1H3;3-4,7-8,11-12,24H,5-6,9-10H2,1-2H3,(H,21,22,23)/t;;;;12-/m....0/s1. The summed E-state index contributed by atoms with van der Waals surface area (Å²) in [7, 11) is 0. The predicted molar refractivity (Wildman–Crippen MR) is 530 cm³/mol. The third kappa shape index (κ3) is 20.5. The maximum absolute atomic E-state index is 13.5. The fraction of sp³-hybridized carbons (Fsp3) is 0.443. The van der Waals surface area contributed by atoms with Gasteiger partial charge in [0.05, 0.1) is 108 Å². The zero-order chi connectivity index (χ0) is 96.8. The van der Waals surface area contributed by atoms with Crippen molar-refractivity contribution in [1.29, 1.82) is 0 Å². The zero-order valence-electron chi connectivity index (χ0n) is 80.7. The molecular weight excluding hydrogens is 1810 g/mol. The van der Waals surface area contributed by atoms with E-state index < -0.39 is 5.92 Å². The minimum Gasteiger partial charge on any atom is -0.488 e. The van der Waals surface area contributed by atoms with Crippen molar-refractivity contribution in [3.8, 4) is 28.7 Å². The first kappa shape index (κ1) is 91.5. The lowest BCUT2D eigenvalue weighted by molar-refractivity contribution is -0.0221. The van der Waals surface area contributed by atoms with Crippen molar-refractivity contribution < 1.29 is 51.6 Å².